The lowest BCUT2D eigenvalue weighted by Gasteiger charge is -2.36. The molecule has 3 heterocycles. The Morgan fingerprint density at radius 3 is 2.55 bits per heavy atom. The predicted octanol–water partition coefficient (Wildman–Crippen LogP) is 2.23. The molecule has 6 heteroatoms. The molecule has 0 bridgehead atoms. The lowest BCUT2D eigenvalue weighted by molar-refractivity contribution is -0.149. The number of aromatic nitrogens is 1. The van der Waals surface area contributed by atoms with Gasteiger partial charge in [-0.25, -0.2) is 9.37 Å². The summed E-state index contributed by atoms with van der Waals surface area (Å²) in [5, 5.41) is 3.24. The van der Waals surface area contributed by atoms with Crippen molar-refractivity contribution < 1.29 is 9.18 Å². The monoisotopic (exact) mass is 323 g/mol. The van der Waals surface area contributed by atoms with Crippen molar-refractivity contribution in [3.05, 3.63) is 16.1 Å². The van der Waals surface area contributed by atoms with Crippen LogP contribution in [0.1, 0.15) is 30.0 Å². The van der Waals surface area contributed by atoms with Crippen LogP contribution in [-0.2, 0) is 11.3 Å². The molecule has 0 N–H and O–H groups in total. The van der Waals surface area contributed by atoms with E-state index in [2.05, 4.69) is 15.3 Å². The Morgan fingerprint density at radius 1 is 1.36 bits per heavy atom. The molecule has 22 heavy (non-hydrogen) atoms. The molecular weight excluding hydrogens is 301 g/mol. The molecular formula is C16H22FN3OS. The Labute approximate surface area is 134 Å². The van der Waals surface area contributed by atoms with E-state index in [0.29, 0.717) is 24.7 Å². The summed E-state index contributed by atoms with van der Waals surface area (Å²) in [4.78, 5) is 21.0. The number of carbonyl (C=O) groups excluding carboxylic acids is 1. The van der Waals surface area contributed by atoms with E-state index in [9.17, 15) is 9.18 Å². The number of hydrogen-bond acceptors (Lipinski definition) is 4. The van der Waals surface area contributed by atoms with Gasteiger partial charge in [0.05, 0.1) is 10.7 Å². The number of halogens is 1. The van der Waals surface area contributed by atoms with Gasteiger partial charge in [-0.15, -0.1) is 11.3 Å². The first kappa shape index (κ1) is 14.6. The molecule has 1 amide bonds. The smallest absolute Gasteiger partial charge is 0.260 e. The van der Waals surface area contributed by atoms with Crippen molar-refractivity contribution in [3.63, 3.8) is 0 Å². The largest absolute Gasteiger partial charge is 0.339 e. The van der Waals surface area contributed by atoms with E-state index in [1.165, 1.54) is 0 Å². The summed E-state index contributed by atoms with van der Waals surface area (Å²) in [5.74, 6) is 0.773. The van der Waals surface area contributed by atoms with Crippen molar-refractivity contribution in [2.24, 2.45) is 11.8 Å². The van der Waals surface area contributed by atoms with E-state index in [0.717, 1.165) is 49.8 Å². The summed E-state index contributed by atoms with van der Waals surface area (Å²) in [5.41, 5.74) is -0.385. The van der Waals surface area contributed by atoms with Crippen LogP contribution in [0.5, 0.6) is 0 Å². The van der Waals surface area contributed by atoms with Crippen molar-refractivity contribution in [1.82, 2.24) is 14.8 Å². The maximum absolute atomic E-state index is 14.3. The second-order valence-corrected chi connectivity index (χ2v) is 8.16. The Hall–Kier alpha value is -1.01. The van der Waals surface area contributed by atoms with Gasteiger partial charge in [0.15, 0.2) is 5.67 Å². The molecule has 0 aromatic carbocycles. The number of fused-ring (bicyclic) bond motifs is 1. The minimum atomic E-state index is -1.53. The van der Waals surface area contributed by atoms with Crippen molar-refractivity contribution in [2.75, 3.05) is 26.2 Å². The minimum Gasteiger partial charge on any atom is -0.339 e. The average molecular weight is 323 g/mol. The summed E-state index contributed by atoms with van der Waals surface area (Å²) >= 11 is 1.69. The van der Waals surface area contributed by atoms with Gasteiger partial charge in [-0.3, -0.25) is 9.69 Å². The van der Waals surface area contributed by atoms with Gasteiger partial charge in [-0.1, -0.05) is 0 Å². The van der Waals surface area contributed by atoms with Gasteiger partial charge >= 0.3 is 0 Å². The minimum absolute atomic E-state index is 0.241. The summed E-state index contributed by atoms with van der Waals surface area (Å²) in [7, 11) is 0. The van der Waals surface area contributed by atoms with Gasteiger partial charge in [0.2, 0.25) is 0 Å². The third kappa shape index (κ3) is 2.46. The number of hydrogen-bond donors (Lipinski definition) is 0. The van der Waals surface area contributed by atoms with E-state index < -0.39 is 5.67 Å². The lowest BCUT2D eigenvalue weighted by atomic mass is 9.81. The van der Waals surface area contributed by atoms with E-state index in [-0.39, 0.29) is 5.91 Å². The van der Waals surface area contributed by atoms with Gasteiger partial charge in [0.1, 0.15) is 0 Å². The zero-order valence-electron chi connectivity index (χ0n) is 12.9. The van der Waals surface area contributed by atoms with Crippen LogP contribution in [-0.4, -0.2) is 52.5 Å². The summed E-state index contributed by atoms with van der Waals surface area (Å²) in [6, 6.07) is 0. The van der Waals surface area contributed by atoms with Crippen LogP contribution >= 0.6 is 11.3 Å². The average Bonchev–Trinajstić information content (AvgIpc) is 3.10. The highest BCUT2D eigenvalue weighted by Crippen LogP contribution is 2.40. The molecule has 4 rings (SSSR count). The van der Waals surface area contributed by atoms with Crippen LogP contribution in [0.25, 0.3) is 0 Å². The van der Waals surface area contributed by atoms with Gasteiger partial charge in [-0.2, -0.15) is 0 Å². The molecule has 3 fully saturated rings. The third-order valence-corrected chi connectivity index (χ3v) is 6.25. The number of thiazole rings is 1. The predicted molar refractivity (Wildman–Crippen MR) is 83.4 cm³/mol. The highest BCUT2D eigenvalue weighted by molar-refractivity contribution is 7.09. The van der Waals surface area contributed by atoms with Crippen LogP contribution < -0.4 is 0 Å². The van der Waals surface area contributed by atoms with Crippen molar-refractivity contribution in [2.45, 2.75) is 38.4 Å². The number of rotatable bonds is 3. The highest BCUT2D eigenvalue weighted by atomic mass is 32.1. The van der Waals surface area contributed by atoms with Crippen molar-refractivity contribution >= 4 is 17.2 Å². The SMILES string of the molecule is Cc1nc(CN2C[C@@H]3CN(C(=O)C4(F)CCC4)C[C@@H]3C2)cs1. The number of nitrogens with zero attached hydrogens (tertiary/aromatic N) is 3. The maximum atomic E-state index is 14.3. The molecule has 4 nitrogen and oxygen atoms in total. The maximum Gasteiger partial charge on any atom is 0.260 e. The first-order chi connectivity index (χ1) is 10.5. The fourth-order valence-electron chi connectivity index (χ4n) is 4.08. The molecule has 2 aliphatic heterocycles. The molecule has 2 atom stereocenters. The molecule has 3 aliphatic rings. The summed E-state index contributed by atoms with van der Waals surface area (Å²) in [6.45, 7) is 6.42. The number of aryl methyl sites for hydroxylation is 1. The normalized spacial score (nSPS) is 30.4. The molecule has 1 saturated carbocycles. The second kappa shape index (κ2) is 5.27. The lowest BCUT2D eigenvalue weighted by Crippen LogP contribution is -2.50. The van der Waals surface area contributed by atoms with Crippen molar-refractivity contribution in [3.8, 4) is 0 Å². The first-order valence-electron chi connectivity index (χ1n) is 8.15. The van der Waals surface area contributed by atoms with Crippen LogP contribution in [0.3, 0.4) is 0 Å². The first-order valence-corrected chi connectivity index (χ1v) is 9.03. The summed E-state index contributed by atoms with van der Waals surface area (Å²) in [6.07, 6.45) is 1.70. The zero-order valence-corrected chi connectivity index (χ0v) is 13.7. The van der Waals surface area contributed by atoms with Crippen LogP contribution in [0, 0.1) is 18.8 Å². The van der Waals surface area contributed by atoms with E-state index in [1.807, 2.05) is 6.92 Å². The Kier molecular flexibility index (Phi) is 3.49. The summed E-state index contributed by atoms with van der Waals surface area (Å²) < 4.78 is 14.3. The fraction of sp³-hybridized carbons (Fsp3) is 0.750. The molecule has 1 aliphatic carbocycles. The van der Waals surface area contributed by atoms with Crippen LogP contribution in [0.2, 0.25) is 0 Å². The topological polar surface area (TPSA) is 36.4 Å². The fourth-order valence-corrected chi connectivity index (χ4v) is 4.68. The van der Waals surface area contributed by atoms with Gasteiger partial charge in [0.25, 0.3) is 5.91 Å². The van der Waals surface area contributed by atoms with Gasteiger partial charge in [-0.05, 0) is 38.0 Å². The van der Waals surface area contributed by atoms with Crippen LogP contribution in [0.4, 0.5) is 4.39 Å². The Morgan fingerprint density at radius 2 is 2.05 bits per heavy atom. The number of carbonyl (C=O) groups is 1. The number of alkyl halides is 1. The molecule has 0 spiro atoms. The Balaban J connectivity index is 1.33. The second-order valence-electron chi connectivity index (χ2n) is 7.10. The highest BCUT2D eigenvalue weighted by Gasteiger charge is 2.50. The standard InChI is InChI=1S/C16H22FN3OS/c1-11-18-14(10-22-11)9-19-5-12-7-20(8-13(12)6-19)15(21)16(17)3-2-4-16/h10,12-13H,2-9H2,1H3/t12-,13+. The molecule has 0 unspecified atom stereocenters. The Bertz CT molecular complexity index is 572. The van der Waals surface area contributed by atoms with Crippen molar-refractivity contribution in [1.29, 1.82) is 0 Å². The van der Waals surface area contributed by atoms with E-state index in [4.69, 9.17) is 0 Å². The van der Waals surface area contributed by atoms with E-state index >= 15 is 0 Å². The number of likely N-dealkylation sites (tertiary alicyclic amines) is 2. The quantitative estimate of drug-likeness (QED) is 0.856. The molecule has 120 valence electrons. The van der Waals surface area contributed by atoms with Gasteiger partial charge in [0, 0.05) is 38.1 Å². The molecule has 2 saturated heterocycles. The van der Waals surface area contributed by atoms with Crippen LogP contribution in [0.15, 0.2) is 5.38 Å². The van der Waals surface area contributed by atoms with E-state index in [1.54, 1.807) is 16.2 Å². The number of amides is 1. The molecule has 1 aromatic heterocycles. The molecule has 0 radical (unpaired) electrons. The zero-order chi connectivity index (χ0) is 15.3. The molecule has 1 aromatic rings. The third-order valence-electron chi connectivity index (χ3n) is 5.43. The van der Waals surface area contributed by atoms with Gasteiger partial charge < -0.3 is 4.90 Å².